The summed E-state index contributed by atoms with van der Waals surface area (Å²) < 4.78 is 107. The number of guanidine groups is 6. The molecule has 12 unspecified atom stereocenters. The predicted octanol–water partition coefficient (Wildman–Crippen LogP) is 7.10. The molecule has 19 atom stereocenters. The van der Waals surface area contributed by atoms with Crippen molar-refractivity contribution in [1.29, 1.82) is 0 Å². The van der Waals surface area contributed by atoms with Gasteiger partial charge in [-0.2, -0.15) is 0 Å². The van der Waals surface area contributed by atoms with Gasteiger partial charge in [0.15, 0.2) is 18.9 Å². The highest BCUT2D eigenvalue weighted by Crippen LogP contribution is 2.39. The average molecular weight is 2090 g/mol. The molecule has 0 aromatic carbocycles. The van der Waals surface area contributed by atoms with Crippen LogP contribution in [-0.2, 0) is 85.3 Å². The first-order valence-electron chi connectivity index (χ1n) is 46.5. The lowest BCUT2D eigenvalue weighted by atomic mass is 9.83. The summed E-state index contributed by atoms with van der Waals surface area (Å²) in [6.07, 6.45) is -51.9. The number of carbonyl (C=O) groups excluding carboxylic acids is 12. The van der Waals surface area contributed by atoms with Crippen LogP contribution in [0.3, 0.4) is 0 Å². The zero-order valence-electron chi connectivity index (χ0n) is 89.8. The fourth-order valence-corrected chi connectivity index (χ4v) is 12.5. The summed E-state index contributed by atoms with van der Waals surface area (Å²) >= 11 is 0. The Morgan fingerprint density at radius 1 is 0.253 bits per heavy atom. The fraction of sp³-hybridized carbons (Fsp3) is 0.798. The maximum absolute atomic E-state index is 14.4. The second-order valence-corrected chi connectivity index (χ2v) is 45.5. The number of nitrogens with zero attached hydrogens (tertiary/aromatic N) is 9. The number of carbonyl (C=O) groups is 12. The number of hydrogen-bond acceptors (Lipinski definition) is 43. The van der Waals surface area contributed by atoms with Gasteiger partial charge in [-0.05, 0) is 261 Å². The minimum Gasteiger partial charge on any atom is -0.444 e. The molecule has 57 heteroatoms. The normalized spacial score (nSPS) is 24.1. The molecule has 146 heavy (non-hydrogen) atoms. The molecular weight excluding hydrogens is 1940 g/mol. The molecule has 830 valence electrons. The average Bonchev–Trinajstić information content (AvgIpc) is 1.29. The van der Waals surface area contributed by atoms with Gasteiger partial charge in [-0.15, -0.1) is 0 Å². The minimum atomic E-state index is -2.56. The lowest BCUT2D eigenvalue weighted by Crippen LogP contribution is -2.64. The van der Waals surface area contributed by atoms with Crippen LogP contribution in [0.4, 0.5) is 57.5 Å². The van der Waals surface area contributed by atoms with Gasteiger partial charge in [-0.3, -0.25) is 63.8 Å². The van der Waals surface area contributed by atoms with Crippen molar-refractivity contribution in [2.24, 2.45) is 35.1 Å². The van der Waals surface area contributed by atoms with Crippen LogP contribution in [0.25, 0.3) is 10.4 Å². The van der Waals surface area contributed by atoms with Crippen LogP contribution in [-0.4, -0.2) is 343 Å². The molecule has 4 fully saturated rings. The third kappa shape index (κ3) is 49.5. The van der Waals surface area contributed by atoms with E-state index in [4.69, 9.17) is 90.3 Å². The first-order valence-corrected chi connectivity index (χ1v) is 46.5. The van der Waals surface area contributed by atoms with Gasteiger partial charge in [-0.25, -0.2) is 87.5 Å². The van der Waals surface area contributed by atoms with Gasteiger partial charge in [0.2, 0.25) is 35.8 Å². The molecule has 4 rings (SSSR count). The highest BCUT2D eigenvalue weighted by molar-refractivity contribution is 6.05. The summed E-state index contributed by atoms with van der Waals surface area (Å²) in [5.74, 6) is -5.27. The summed E-state index contributed by atoms with van der Waals surface area (Å²) in [6.45, 7) is 50.2. The highest BCUT2D eigenvalue weighted by atomic mass is 16.8. The standard InChI is InChI=1S/C89H153N21O36/c1-78(2,3)135-66(117)98-60(99-67(118)136-79(4,5)6)91-38-43-49(112)51(114)46(96-64(106-74(125)143-86(25,26)27)107-75(126)144-87(28,29)30)57(129-43)132-54-42(95-63(104-72(123)141-84(19,20)21)105-73(124)142-85(22,23)24)37-41(94-62(102-70(121)139-82(13,14)15)103-71(122)140-83(16,17)18)48(111)56(54)134-59-53(116)55(45(131-59)40-93-110-90)133-58-47(97-65(108-76(127)145-88(31,32)33)109-77(128)146-89(34,35)36)52(115)50(113)44(130-58)39-92-61(100-68(119)137-80(7,8)9)101-69(120)138-81(10,11)12/h41-59,111-116H,37-40H2,1-36H3,(H2,91,98,99,117,118)(H2,92,100,101,119,120)(H2,94,102,103,121,122)(H2,95,104,105,123,124)(H2,96,106,107,125,126)(H2,97,108,109,127,128)/t41-,42?,43?,44?,45-,46?,47?,48?,49+,50?,51?,52?,53+,54+,55?,56?,57+,58?,59+/m1/s1. The number of nitrogens with one attached hydrogen (secondary N) is 12. The van der Waals surface area contributed by atoms with Gasteiger partial charge in [0.05, 0.1) is 37.8 Å². The Hall–Kier alpha value is -11.9. The maximum atomic E-state index is 14.4. The molecule has 57 nitrogen and oxygen atoms in total. The Labute approximate surface area is 847 Å². The molecule has 4 aliphatic rings. The van der Waals surface area contributed by atoms with Crippen molar-refractivity contribution < 1.29 is 173 Å². The number of aliphatic imine (C=N–C) groups is 6. The Morgan fingerprint density at radius 3 is 0.692 bits per heavy atom. The van der Waals surface area contributed by atoms with Crippen molar-refractivity contribution in [2.75, 3.05) is 19.6 Å². The molecule has 0 aromatic rings. The number of amides is 12. The van der Waals surface area contributed by atoms with Gasteiger partial charge in [-0.1, -0.05) is 5.11 Å². The Kier molecular flexibility index (Phi) is 44.3. The van der Waals surface area contributed by atoms with Crippen molar-refractivity contribution in [3.05, 3.63) is 10.4 Å². The fourth-order valence-electron chi connectivity index (χ4n) is 12.5. The van der Waals surface area contributed by atoms with E-state index in [9.17, 15) is 93.7 Å². The van der Waals surface area contributed by atoms with Gasteiger partial charge in [0, 0.05) is 4.91 Å². The van der Waals surface area contributed by atoms with Gasteiger partial charge < -0.3 is 116 Å². The molecule has 1 aliphatic carbocycles. The Balaban J connectivity index is 2.46. The van der Waals surface area contributed by atoms with Crippen LogP contribution in [0.1, 0.15) is 256 Å². The molecular formula is C89H153N21O36. The van der Waals surface area contributed by atoms with Crippen LogP contribution >= 0.6 is 0 Å². The molecule has 0 spiro atoms. The molecule has 3 heterocycles. The van der Waals surface area contributed by atoms with Crippen molar-refractivity contribution in [2.45, 2.75) is 439 Å². The zero-order valence-corrected chi connectivity index (χ0v) is 89.8. The maximum Gasteiger partial charge on any atom is 0.414 e. The number of rotatable bonds is 16. The number of hydrogen-bond donors (Lipinski definition) is 18. The van der Waals surface area contributed by atoms with Crippen molar-refractivity contribution in [3.8, 4) is 0 Å². The largest absolute Gasteiger partial charge is 0.444 e. The highest BCUT2D eigenvalue weighted by Gasteiger charge is 2.58. The van der Waals surface area contributed by atoms with E-state index in [1.54, 1.807) is 0 Å². The van der Waals surface area contributed by atoms with Crippen molar-refractivity contribution in [3.63, 3.8) is 0 Å². The smallest absolute Gasteiger partial charge is 0.414 e. The van der Waals surface area contributed by atoms with E-state index in [1.165, 1.54) is 249 Å². The van der Waals surface area contributed by atoms with E-state index in [-0.39, 0.29) is 0 Å². The third-order valence-electron chi connectivity index (χ3n) is 17.2. The predicted molar refractivity (Wildman–Crippen MR) is 517 cm³/mol. The zero-order chi connectivity index (χ0) is 112. The minimum absolute atomic E-state index is 0.724. The van der Waals surface area contributed by atoms with E-state index in [2.05, 4.69) is 98.8 Å². The molecule has 0 aromatic heterocycles. The van der Waals surface area contributed by atoms with Crippen LogP contribution in [0.5, 0.6) is 0 Å². The van der Waals surface area contributed by atoms with Crippen molar-refractivity contribution >= 4 is 109 Å². The summed E-state index contributed by atoms with van der Waals surface area (Å²) in [4.78, 5) is 197. The number of ether oxygens (including phenoxy) is 18. The van der Waals surface area contributed by atoms with E-state index >= 15 is 0 Å². The quantitative estimate of drug-likeness (QED) is 0.0183. The number of aliphatic hydroxyl groups excluding tert-OH is 6. The van der Waals surface area contributed by atoms with Crippen LogP contribution in [0.15, 0.2) is 35.1 Å². The molecule has 12 amide bonds. The molecule has 0 bridgehead atoms. The molecule has 18 N–H and O–H groups in total. The lowest BCUT2D eigenvalue weighted by molar-refractivity contribution is -0.306. The number of alkyl carbamates (subject to hydrolysis) is 12. The Bertz CT molecular complexity index is 4550. The second-order valence-electron chi connectivity index (χ2n) is 45.5. The summed E-state index contributed by atoms with van der Waals surface area (Å²) in [7, 11) is 0. The van der Waals surface area contributed by atoms with Crippen LogP contribution in [0.2, 0.25) is 0 Å². The number of aliphatic hydroxyl groups is 6. The molecule has 1 saturated carbocycles. The van der Waals surface area contributed by atoms with Gasteiger partial charge in [0.1, 0.15) is 146 Å². The monoisotopic (exact) mass is 2090 g/mol. The third-order valence-corrected chi connectivity index (χ3v) is 17.2. The van der Waals surface area contributed by atoms with E-state index in [1.807, 2.05) is 0 Å². The summed E-state index contributed by atoms with van der Waals surface area (Å²) in [5.41, 5.74) is -5.16. The second kappa shape index (κ2) is 51.1. The van der Waals surface area contributed by atoms with E-state index in [0.717, 1.165) is 0 Å². The topological polar surface area (TPSA) is 760 Å². The number of azide groups is 1. The Morgan fingerprint density at radius 2 is 0.459 bits per heavy atom. The lowest BCUT2D eigenvalue weighted by Gasteiger charge is -2.47. The van der Waals surface area contributed by atoms with E-state index < -0.39 is 318 Å². The first kappa shape index (κ1) is 126. The first-order chi connectivity index (χ1) is 66.1. The van der Waals surface area contributed by atoms with Crippen LogP contribution in [0, 0.1) is 0 Å². The SMILES string of the molecule is CC(C)(C)OC(=O)NC(=NCC1OC(OC2[C@@H](CN=[N+]=[N-])O[C@@H](OC3C(O)[C@H](N=C(NC(=O)OC(C)(C)C)NC(=O)OC(C)(C)C)CC(N=C(NC(=O)OC(C)(C)C)NC(=O)OC(C)(C)C)[C@@H]3O[C@@H]3OC(CN=C(NC(=O)OC(C)(C)C)NC(=O)OC(C)(C)C)[C@H](O)C(O)C3N=C(NC(=O)OC(C)(C)C)NC(=O)OC(C)(C)C)[C@H]2O)C(N=C(NC(=O)OC(C)(C)C)NC(=O)OC(C)(C)C)C(O)C1O)NC(=O)OC(C)(C)C. The molecule has 0 radical (unpaired) electrons. The van der Waals surface area contributed by atoms with Gasteiger partial charge in [0.25, 0.3) is 0 Å². The van der Waals surface area contributed by atoms with E-state index in [0.29, 0.717) is 0 Å². The molecule has 3 saturated heterocycles. The van der Waals surface area contributed by atoms with Crippen LogP contribution < -0.4 is 63.8 Å². The summed E-state index contributed by atoms with van der Waals surface area (Å²) in [5, 5.41) is 109. The van der Waals surface area contributed by atoms with Gasteiger partial charge >= 0.3 is 73.1 Å². The van der Waals surface area contributed by atoms with Crippen molar-refractivity contribution in [1.82, 2.24) is 63.8 Å². The summed E-state index contributed by atoms with van der Waals surface area (Å²) in [6, 6.07) is -8.86. The molecule has 3 aliphatic heterocycles.